The van der Waals surface area contributed by atoms with Crippen molar-refractivity contribution in [3.05, 3.63) is 91.5 Å². The van der Waals surface area contributed by atoms with Crippen LogP contribution in [0.1, 0.15) is 60.3 Å². The van der Waals surface area contributed by atoms with E-state index in [-0.39, 0.29) is 63.0 Å². The fraction of sp³-hybridized carbons (Fsp3) is 0.474. The molecule has 0 radical (unpaired) electrons. The van der Waals surface area contributed by atoms with Gasteiger partial charge in [0.2, 0.25) is 0 Å². The molecule has 0 aromatic heterocycles. The van der Waals surface area contributed by atoms with Gasteiger partial charge in [-0.2, -0.15) is 0 Å². The minimum absolute atomic E-state index is 0.00383. The Morgan fingerprint density at radius 3 is 2.29 bits per heavy atom. The first-order valence-electron chi connectivity index (χ1n) is 17.2. The number of nitrogens with zero attached hydrogens (tertiary/aromatic N) is 3. The standard InChI is InChI=1S/C38H46N4O7/c1-6-24-20(2)29-17-33-27(19-44)22(4)28(40-33)16-30-21(3)25(7-8-35(46)49-14-13-48-12-11-47-10-9-43)37(41-30)26-15-34(45)36-23(5)31(42-38(26)36)18-32(24)39-29/h16-18,21,25,41,43-45H,6-15,19H2,1-5H3/t21-,25-/m0/s1. The van der Waals surface area contributed by atoms with Crippen molar-refractivity contribution < 1.29 is 34.3 Å². The number of aliphatic hydroxyl groups excluding tert-OH is 3. The van der Waals surface area contributed by atoms with Crippen LogP contribution in [0.15, 0.2) is 106 Å². The second-order valence-corrected chi connectivity index (χ2v) is 13.0. The Hall–Kier alpha value is -4.16. The van der Waals surface area contributed by atoms with Gasteiger partial charge in [-0.05, 0) is 74.1 Å². The van der Waals surface area contributed by atoms with Crippen LogP contribution in [0.5, 0.6) is 0 Å². The third-order valence-corrected chi connectivity index (χ3v) is 10.1. The number of nitrogens with one attached hydrogen (secondary N) is 1. The molecule has 6 rings (SSSR count). The lowest BCUT2D eigenvalue weighted by atomic mass is 9.86. The Balaban J connectivity index is 1.33. The third kappa shape index (κ3) is 6.72. The SMILES string of the molecule is CCC1=C(C)C2=NC1=CC1=C(C)C3=C(O)CC(=C4NC(=CC5=NC(=C2)C(CO)=C5C)[C@@H](C)[C@@H]4CCC(=O)OCCOCCOCCO)C3=N1. The fourth-order valence-electron chi connectivity index (χ4n) is 7.30. The van der Waals surface area contributed by atoms with Crippen LogP contribution >= 0.6 is 0 Å². The van der Waals surface area contributed by atoms with Crippen LogP contribution in [0, 0.1) is 11.8 Å². The van der Waals surface area contributed by atoms with Crippen molar-refractivity contribution in [2.75, 3.05) is 46.2 Å². The second-order valence-electron chi connectivity index (χ2n) is 13.0. The number of fused-ring (bicyclic) bond motifs is 5. The summed E-state index contributed by atoms with van der Waals surface area (Å²) in [6.45, 7) is 11.5. The lowest BCUT2D eigenvalue weighted by Crippen LogP contribution is -2.17. The molecule has 0 amide bonds. The molecule has 1 fully saturated rings. The molecule has 0 spiro atoms. The monoisotopic (exact) mass is 670 g/mol. The highest BCUT2D eigenvalue weighted by molar-refractivity contribution is 6.21. The van der Waals surface area contributed by atoms with Gasteiger partial charge in [-0.1, -0.05) is 13.8 Å². The van der Waals surface area contributed by atoms with Gasteiger partial charge in [0.1, 0.15) is 12.4 Å². The van der Waals surface area contributed by atoms with Gasteiger partial charge >= 0.3 is 5.97 Å². The van der Waals surface area contributed by atoms with Crippen molar-refractivity contribution in [3.63, 3.8) is 0 Å². The van der Waals surface area contributed by atoms with E-state index in [0.29, 0.717) is 31.8 Å². The number of carbonyl (C=O) groups excluding carboxylic acids is 1. The van der Waals surface area contributed by atoms with Gasteiger partial charge in [-0.3, -0.25) is 4.79 Å². The number of aliphatic imine (C=N–C) groups is 3. The summed E-state index contributed by atoms with van der Waals surface area (Å²) < 4.78 is 16.1. The van der Waals surface area contributed by atoms with Gasteiger partial charge in [0.05, 0.1) is 73.9 Å². The van der Waals surface area contributed by atoms with E-state index < -0.39 is 0 Å². The molecule has 8 bridgehead atoms. The minimum Gasteiger partial charge on any atom is -0.511 e. The van der Waals surface area contributed by atoms with Gasteiger partial charge in [0.15, 0.2) is 0 Å². The molecule has 11 heteroatoms. The molecule has 0 unspecified atom stereocenters. The zero-order valence-corrected chi connectivity index (χ0v) is 29.0. The summed E-state index contributed by atoms with van der Waals surface area (Å²) in [4.78, 5) is 28.0. The molecule has 2 atom stereocenters. The maximum atomic E-state index is 12.8. The minimum atomic E-state index is -0.307. The zero-order chi connectivity index (χ0) is 34.8. The Labute approximate surface area is 287 Å². The summed E-state index contributed by atoms with van der Waals surface area (Å²) in [6.07, 6.45) is 7.89. The number of carbonyl (C=O) groups is 1. The molecule has 260 valence electrons. The van der Waals surface area contributed by atoms with E-state index in [2.05, 4.69) is 26.1 Å². The van der Waals surface area contributed by atoms with Crippen molar-refractivity contribution in [1.82, 2.24) is 5.32 Å². The highest BCUT2D eigenvalue weighted by atomic mass is 16.6. The number of rotatable bonds is 13. The zero-order valence-electron chi connectivity index (χ0n) is 29.0. The van der Waals surface area contributed by atoms with Crippen LogP contribution in [-0.2, 0) is 19.0 Å². The molecule has 4 N–H and O–H groups in total. The predicted molar refractivity (Wildman–Crippen MR) is 188 cm³/mol. The van der Waals surface area contributed by atoms with Crippen molar-refractivity contribution in [1.29, 1.82) is 0 Å². The predicted octanol–water partition coefficient (Wildman–Crippen LogP) is 5.00. The van der Waals surface area contributed by atoms with E-state index in [0.717, 1.165) is 85.4 Å². The summed E-state index contributed by atoms with van der Waals surface area (Å²) in [5, 5.41) is 34.2. The Morgan fingerprint density at radius 1 is 0.898 bits per heavy atom. The van der Waals surface area contributed by atoms with Crippen LogP contribution in [0.25, 0.3) is 0 Å². The maximum Gasteiger partial charge on any atom is 0.305 e. The van der Waals surface area contributed by atoms with Gasteiger partial charge in [0, 0.05) is 52.8 Å². The Bertz CT molecular complexity index is 1790. The molecule has 1 saturated heterocycles. The van der Waals surface area contributed by atoms with E-state index in [4.69, 9.17) is 34.3 Å². The fourth-order valence-corrected chi connectivity index (χ4v) is 7.30. The number of aliphatic hydroxyl groups is 3. The molecular formula is C38H46N4O7. The highest BCUT2D eigenvalue weighted by Gasteiger charge is 2.41. The third-order valence-electron chi connectivity index (χ3n) is 10.1. The molecule has 0 saturated carbocycles. The molecule has 11 nitrogen and oxygen atoms in total. The van der Waals surface area contributed by atoms with Crippen molar-refractivity contribution in [3.8, 4) is 0 Å². The second kappa shape index (κ2) is 14.8. The average molecular weight is 671 g/mol. The number of hydrogen-bond acceptors (Lipinski definition) is 11. The lowest BCUT2D eigenvalue weighted by molar-refractivity contribution is -0.145. The lowest BCUT2D eigenvalue weighted by Gasteiger charge is -2.17. The van der Waals surface area contributed by atoms with Crippen LogP contribution in [-0.4, -0.2) is 84.7 Å². The largest absolute Gasteiger partial charge is 0.511 e. The summed E-state index contributed by atoms with van der Waals surface area (Å²) in [5.74, 6) is -0.0922. The van der Waals surface area contributed by atoms with E-state index >= 15 is 0 Å². The van der Waals surface area contributed by atoms with Crippen molar-refractivity contribution in [2.24, 2.45) is 26.8 Å². The summed E-state index contributed by atoms with van der Waals surface area (Å²) in [6, 6.07) is 0. The number of esters is 1. The maximum absolute atomic E-state index is 12.8. The van der Waals surface area contributed by atoms with E-state index in [9.17, 15) is 15.0 Å². The normalized spacial score (nSPS) is 22.9. The molecule has 6 aliphatic rings. The van der Waals surface area contributed by atoms with Gasteiger partial charge in [0.25, 0.3) is 0 Å². The van der Waals surface area contributed by atoms with Crippen molar-refractivity contribution >= 4 is 23.1 Å². The first-order valence-corrected chi connectivity index (χ1v) is 17.2. The van der Waals surface area contributed by atoms with E-state index in [1.807, 2.05) is 32.1 Å². The molecule has 49 heavy (non-hydrogen) atoms. The van der Waals surface area contributed by atoms with Crippen molar-refractivity contribution in [2.45, 2.75) is 60.3 Å². The number of allylic oxidation sites excluding steroid dienone is 11. The highest BCUT2D eigenvalue weighted by Crippen LogP contribution is 2.46. The van der Waals surface area contributed by atoms with Gasteiger partial charge in [-0.25, -0.2) is 15.0 Å². The average Bonchev–Trinajstić information content (AvgIpc) is 3.83. The van der Waals surface area contributed by atoms with Gasteiger partial charge in [-0.15, -0.1) is 0 Å². The quantitative estimate of drug-likeness (QED) is 0.158. The van der Waals surface area contributed by atoms with Crippen LogP contribution < -0.4 is 5.32 Å². The van der Waals surface area contributed by atoms with Gasteiger partial charge < -0.3 is 34.8 Å². The number of hydrogen-bond donors (Lipinski definition) is 4. The van der Waals surface area contributed by atoms with Crippen LogP contribution in [0.3, 0.4) is 0 Å². The van der Waals surface area contributed by atoms with Crippen LogP contribution in [0.4, 0.5) is 0 Å². The molecule has 5 heterocycles. The first-order chi connectivity index (χ1) is 23.7. The van der Waals surface area contributed by atoms with E-state index in [1.54, 1.807) is 0 Å². The molecule has 0 aromatic rings. The Morgan fingerprint density at radius 2 is 1.57 bits per heavy atom. The topological polar surface area (TPSA) is 155 Å². The molecule has 1 aliphatic carbocycles. The van der Waals surface area contributed by atoms with E-state index in [1.165, 1.54) is 0 Å². The Kier molecular flexibility index (Phi) is 10.4. The molecule has 5 aliphatic heterocycles. The molecular weight excluding hydrogens is 624 g/mol. The number of ether oxygens (including phenoxy) is 3. The smallest absolute Gasteiger partial charge is 0.305 e. The summed E-state index contributed by atoms with van der Waals surface area (Å²) in [5.41, 5.74) is 13.0. The van der Waals surface area contributed by atoms with Crippen LogP contribution in [0.2, 0.25) is 0 Å². The summed E-state index contributed by atoms with van der Waals surface area (Å²) in [7, 11) is 0. The molecule has 0 aromatic carbocycles. The summed E-state index contributed by atoms with van der Waals surface area (Å²) >= 11 is 0. The first kappa shape index (κ1) is 34.7.